The quantitative estimate of drug-likeness (QED) is 0.822. The summed E-state index contributed by atoms with van der Waals surface area (Å²) in [6.07, 6.45) is 9.52. The first-order valence-corrected chi connectivity index (χ1v) is 6.44. The van der Waals surface area contributed by atoms with Crippen LogP contribution in [0.5, 0.6) is 0 Å². The van der Waals surface area contributed by atoms with E-state index in [0.717, 1.165) is 24.5 Å². The van der Waals surface area contributed by atoms with E-state index in [4.69, 9.17) is 5.73 Å². The van der Waals surface area contributed by atoms with E-state index >= 15 is 0 Å². The Balaban J connectivity index is 2.06. The van der Waals surface area contributed by atoms with Gasteiger partial charge in [-0.05, 0) is 30.0 Å². The van der Waals surface area contributed by atoms with Crippen LogP contribution >= 0.6 is 0 Å². The average Bonchev–Trinajstić information content (AvgIpc) is 2.63. The number of nitrogens with two attached hydrogens (primary N) is 1. The Labute approximate surface area is 108 Å². The molecule has 1 aromatic rings. The Kier molecular flexibility index (Phi) is 2.44. The highest BCUT2D eigenvalue weighted by molar-refractivity contribution is 5.67. The molecule has 0 amide bonds. The molecule has 1 saturated heterocycles. The lowest BCUT2D eigenvalue weighted by molar-refractivity contribution is 0.306. The van der Waals surface area contributed by atoms with E-state index in [0.29, 0.717) is 5.92 Å². The Morgan fingerprint density at radius 3 is 3.06 bits per heavy atom. The van der Waals surface area contributed by atoms with E-state index in [9.17, 15) is 0 Å². The van der Waals surface area contributed by atoms with Gasteiger partial charge in [-0.25, -0.2) is 4.98 Å². The van der Waals surface area contributed by atoms with Crippen molar-refractivity contribution in [1.29, 1.82) is 0 Å². The summed E-state index contributed by atoms with van der Waals surface area (Å²) in [5.41, 5.74) is 8.43. The van der Waals surface area contributed by atoms with Crippen LogP contribution in [0.25, 0.3) is 0 Å². The fraction of sp³-hybridized carbons (Fsp3) is 0.400. The number of nitrogen functional groups attached to an aromatic ring is 1. The minimum atomic E-state index is 0.264. The molecule has 0 saturated carbocycles. The van der Waals surface area contributed by atoms with Gasteiger partial charge in [-0.3, -0.25) is 0 Å². The summed E-state index contributed by atoms with van der Waals surface area (Å²) >= 11 is 0. The van der Waals surface area contributed by atoms with Crippen molar-refractivity contribution in [3.63, 3.8) is 0 Å². The molecule has 1 unspecified atom stereocenters. The van der Waals surface area contributed by atoms with Crippen molar-refractivity contribution in [1.82, 2.24) is 4.98 Å². The first-order chi connectivity index (χ1) is 8.59. The highest BCUT2D eigenvalue weighted by Crippen LogP contribution is 2.48. The van der Waals surface area contributed by atoms with Crippen molar-refractivity contribution in [2.24, 2.45) is 11.3 Å². The number of hydrogen-bond donors (Lipinski definition) is 1. The van der Waals surface area contributed by atoms with E-state index in [2.05, 4.69) is 42.0 Å². The Morgan fingerprint density at radius 2 is 2.28 bits per heavy atom. The number of rotatable bonds is 1. The van der Waals surface area contributed by atoms with Gasteiger partial charge in [0.25, 0.3) is 0 Å². The van der Waals surface area contributed by atoms with Gasteiger partial charge < -0.3 is 10.6 Å². The van der Waals surface area contributed by atoms with Crippen molar-refractivity contribution in [3.05, 3.63) is 42.3 Å². The van der Waals surface area contributed by atoms with Gasteiger partial charge >= 0.3 is 0 Å². The molecule has 1 aliphatic heterocycles. The standard InChI is InChI=1S/C15H19N3/c1-15(2)10-18(13-8-4-3-6-11(13)15)14-12(16)7-5-9-17-14/h3-5,7-9,11H,6,10,16H2,1-2H3. The molecule has 1 aliphatic carbocycles. The van der Waals surface area contributed by atoms with Crippen LogP contribution in [0.3, 0.4) is 0 Å². The number of nitrogens with zero attached hydrogens (tertiary/aromatic N) is 2. The zero-order valence-corrected chi connectivity index (χ0v) is 10.9. The maximum absolute atomic E-state index is 6.06. The van der Waals surface area contributed by atoms with Crippen LogP contribution in [0.4, 0.5) is 11.5 Å². The molecular weight excluding hydrogens is 222 g/mol. The Hall–Kier alpha value is -1.77. The van der Waals surface area contributed by atoms with Crippen molar-refractivity contribution in [3.8, 4) is 0 Å². The van der Waals surface area contributed by atoms with Gasteiger partial charge in [-0.2, -0.15) is 0 Å². The first kappa shape index (κ1) is 11.3. The van der Waals surface area contributed by atoms with E-state index in [-0.39, 0.29) is 5.41 Å². The highest BCUT2D eigenvalue weighted by atomic mass is 15.2. The predicted molar refractivity (Wildman–Crippen MR) is 75.1 cm³/mol. The van der Waals surface area contributed by atoms with E-state index in [1.165, 1.54) is 5.70 Å². The van der Waals surface area contributed by atoms with E-state index < -0.39 is 0 Å². The largest absolute Gasteiger partial charge is 0.396 e. The van der Waals surface area contributed by atoms with Gasteiger partial charge in [-0.15, -0.1) is 0 Å². The number of allylic oxidation sites excluding steroid dienone is 4. The first-order valence-electron chi connectivity index (χ1n) is 6.44. The summed E-state index contributed by atoms with van der Waals surface area (Å²) in [6.45, 7) is 5.62. The van der Waals surface area contributed by atoms with Gasteiger partial charge in [0.05, 0.1) is 5.69 Å². The molecule has 2 N–H and O–H groups in total. The second-order valence-electron chi connectivity index (χ2n) is 5.80. The summed E-state index contributed by atoms with van der Waals surface area (Å²) < 4.78 is 0. The lowest BCUT2D eigenvalue weighted by atomic mass is 9.77. The second-order valence-corrected chi connectivity index (χ2v) is 5.80. The number of hydrogen-bond acceptors (Lipinski definition) is 3. The van der Waals surface area contributed by atoms with Crippen molar-refractivity contribution in [2.45, 2.75) is 20.3 Å². The predicted octanol–water partition coefficient (Wildman–Crippen LogP) is 2.97. The van der Waals surface area contributed by atoms with Crippen molar-refractivity contribution in [2.75, 3.05) is 17.2 Å². The molecule has 0 bridgehead atoms. The Morgan fingerprint density at radius 1 is 1.44 bits per heavy atom. The van der Waals surface area contributed by atoms with Crippen LogP contribution in [0, 0.1) is 11.3 Å². The molecule has 1 atom stereocenters. The molecule has 94 valence electrons. The zero-order valence-electron chi connectivity index (χ0n) is 10.9. The van der Waals surface area contributed by atoms with Crippen LogP contribution < -0.4 is 10.6 Å². The molecule has 3 nitrogen and oxygen atoms in total. The molecule has 2 heterocycles. The lowest BCUT2D eigenvalue weighted by Crippen LogP contribution is -2.24. The second kappa shape index (κ2) is 3.87. The maximum atomic E-state index is 6.06. The van der Waals surface area contributed by atoms with Crippen LogP contribution in [-0.4, -0.2) is 11.5 Å². The van der Waals surface area contributed by atoms with Gasteiger partial charge in [-0.1, -0.05) is 26.0 Å². The van der Waals surface area contributed by atoms with Crippen LogP contribution in [0.15, 0.2) is 42.3 Å². The minimum absolute atomic E-state index is 0.264. The summed E-state index contributed by atoms with van der Waals surface area (Å²) in [5, 5.41) is 0. The van der Waals surface area contributed by atoms with Crippen molar-refractivity contribution >= 4 is 11.5 Å². The smallest absolute Gasteiger partial charge is 0.155 e. The van der Waals surface area contributed by atoms with E-state index in [1.54, 1.807) is 0 Å². The third-order valence-electron chi connectivity index (χ3n) is 4.03. The number of pyridine rings is 1. The topological polar surface area (TPSA) is 42.2 Å². The van der Waals surface area contributed by atoms with Crippen LogP contribution in [0.1, 0.15) is 20.3 Å². The number of anilines is 2. The summed E-state index contributed by atoms with van der Waals surface area (Å²) in [7, 11) is 0. The van der Waals surface area contributed by atoms with Gasteiger partial charge in [0, 0.05) is 24.4 Å². The summed E-state index contributed by atoms with van der Waals surface area (Å²) in [4.78, 5) is 6.73. The molecule has 1 fully saturated rings. The fourth-order valence-electron chi connectivity index (χ4n) is 3.06. The average molecular weight is 241 g/mol. The third kappa shape index (κ3) is 1.62. The molecule has 0 spiro atoms. The number of fused-ring (bicyclic) bond motifs is 1. The van der Waals surface area contributed by atoms with Gasteiger partial charge in [0.1, 0.15) is 0 Å². The third-order valence-corrected chi connectivity index (χ3v) is 4.03. The minimum Gasteiger partial charge on any atom is -0.396 e. The molecule has 0 aromatic carbocycles. The number of aromatic nitrogens is 1. The monoisotopic (exact) mass is 241 g/mol. The zero-order chi connectivity index (χ0) is 12.8. The van der Waals surface area contributed by atoms with Crippen LogP contribution in [-0.2, 0) is 0 Å². The van der Waals surface area contributed by atoms with Crippen LogP contribution in [0.2, 0.25) is 0 Å². The van der Waals surface area contributed by atoms with Gasteiger partial charge in [0.2, 0.25) is 0 Å². The lowest BCUT2D eigenvalue weighted by Gasteiger charge is -2.25. The summed E-state index contributed by atoms with van der Waals surface area (Å²) in [5.74, 6) is 1.47. The highest BCUT2D eigenvalue weighted by Gasteiger charge is 2.43. The maximum Gasteiger partial charge on any atom is 0.155 e. The Bertz CT molecular complexity index is 528. The molecular formula is C15H19N3. The summed E-state index contributed by atoms with van der Waals surface area (Å²) in [6, 6.07) is 3.80. The molecule has 18 heavy (non-hydrogen) atoms. The van der Waals surface area contributed by atoms with Crippen molar-refractivity contribution < 1.29 is 0 Å². The van der Waals surface area contributed by atoms with E-state index in [1.807, 2.05) is 18.3 Å². The molecule has 0 radical (unpaired) electrons. The fourth-order valence-corrected chi connectivity index (χ4v) is 3.06. The molecule has 3 rings (SSSR count). The normalized spacial score (nSPS) is 24.9. The SMILES string of the molecule is CC1(C)CN(c2ncccc2N)C2=CC=CCC21. The molecule has 3 heteroatoms. The van der Waals surface area contributed by atoms with Gasteiger partial charge in [0.15, 0.2) is 5.82 Å². The molecule has 2 aliphatic rings. The molecule has 1 aromatic heterocycles.